The Morgan fingerprint density at radius 3 is 2.67 bits per heavy atom. The number of nitrogens with one attached hydrogen (secondary N) is 1. The van der Waals surface area contributed by atoms with Gasteiger partial charge in [-0.3, -0.25) is 0 Å². The summed E-state index contributed by atoms with van der Waals surface area (Å²) in [5, 5.41) is 4.14. The van der Waals surface area contributed by atoms with E-state index in [2.05, 4.69) is 74.9 Å². The monoisotopic (exact) mass is 413 g/mol. The lowest BCUT2D eigenvalue weighted by Gasteiger charge is -2.32. The molecule has 1 saturated heterocycles. The molecule has 3 heterocycles. The number of aromatic amines is 1. The molecule has 2 aliphatic heterocycles. The molecule has 0 saturated carbocycles. The van der Waals surface area contributed by atoms with E-state index in [1.165, 1.54) is 76.7 Å². The van der Waals surface area contributed by atoms with Crippen LogP contribution in [0.3, 0.4) is 0 Å². The number of H-pyrrole nitrogens is 1. The van der Waals surface area contributed by atoms with Crippen molar-refractivity contribution in [1.82, 2.24) is 9.88 Å². The SMILES string of the molecule is c1cc2c3c(cccc3c1)N(CCCN1CCC(c3ccc4[nH]ccc4c3)CC1)S2. The van der Waals surface area contributed by atoms with Gasteiger partial charge in [-0.05, 0) is 103 Å². The maximum atomic E-state index is 3.30. The van der Waals surface area contributed by atoms with Crippen molar-refractivity contribution < 1.29 is 0 Å². The number of fused-ring (bicyclic) bond motifs is 1. The minimum Gasteiger partial charge on any atom is -0.361 e. The molecule has 6 rings (SSSR count). The first-order valence-corrected chi connectivity index (χ1v) is 11.9. The zero-order chi connectivity index (χ0) is 19.9. The highest BCUT2D eigenvalue weighted by atomic mass is 32.2. The second-order valence-electron chi connectivity index (χ2n) is 8.62. The summed E-state index contributed by atoms with van der Waals surface area (Å²) in [6.45, 7) is 4.76. The van der Waals surface area contributed by atoms with Crippen molar-refractivity contribution in [1.29, 1.82) is 0 Å². The predicted octanol–water partition coefficient (Wildman–Crippen LogP) is 6.42. The molecule has 0 aliphatic carbocycles. The van der Waals surface area contributed by atoms with Crippen LogP contribution in [0.4, 0.5) is 5.69 Å². The number of hydrogen-bond donors (Lipinski definition) is 1. The Hall–Kier alpha value is -2.43. The Kier molecular flexibility index (Phi) is 4.70. The molecule has 0 atom stereocenters. The van der Waals surface area contributed by atoms with E-state index in [0.29, 0.717) is 5.92 Å². The van der Waals surface area contributed by atoms with Gasteiger partial charge in [0.25, 0.3) is 0 Å². The summed E-state index contributed by atoms with van der Waals surface area (Å²) in [7, 11) is 0. The van der Waals surface area contributed by atoms with Gasteiger partial charge < -0.3 is 14.2 Å². The molecule has 2 aliphatic rings. The third kappa shape index (κ3) is 3.28. The molecule has 4 heteroatoms. The first kappa shape index (κ1) is 18.3. The molecule has 3 nitrogen and oxygen atoms in total. The lowest BCUT2D eigenvalue weighted by molar-refractivity contribution is 0.211. The average molecular weight is 414 g/mol. The Labute approximate surface area is 182 Å². The van der Waals surface area contributed by atoms with Gasteiger partial charge in [0.05, 0.1) is 5.69 Å². The maximum Gasteiger partial charge on any atom is 0.0563 e. The highest BCUT2D eigenvalue weighted by Gasteiger charge is 2.23. The molecule has 3 aromatic carbocycles. The van der Waals surface area contributed by atoms with Crippen LogP contribution in [0, 0.1) is 0 Å². The van der Waals surface area contributed by atoms with E-state index in [4.69, 9.17) is 0 Å². The standard InChI is InChI=1S/C26H27N3S/c1-4-20-5-2-7-25-26(20)24(6-1)29(30-25)15-3-14-28-16-11-19(12-17-28)21-8-9-23-22(18-21)10-13-27-23/h1-2,4-10,13,18-19,27H,3,11-12,14-17H2. The van der Waals surface area contributed by atoms with Gasteiger partial charge in [-0.15, -0.1) is 0 Å². The van der Waals surface area contributed by atoms with Crippen LogP contribution in [0.2, 0.25) is 0 Å². The zero-order valence-electron chi connectivity index (χ0n) is 17.2. The van der Waals surface area contributed by atoms with Crippen LogP contribution in [0.1, 0.15) is 30.7 Å². The lowest BCUT2D eigenvalue weighted by atomic mass is 9.89. The number of aromatic nitrogens is 1. The number of nitrogens with zero attached hydrogens (tertiary/aromatic N) is 2. The normalized spacial score (nSPS) is 17.4. The van der Waals surface area contributed by atoms with Gasteiger partial charge in [0.15, 0.2) is 0 Å². The van der Waals surface area contributed by atoms with Crippen molar-refractivity contribution in [3.63, 3.8) is 0 Å². The predicted molar refractivity (Wildman–Crippen MR) is 128 cm³/mol. The zero-order valence-corrected chi connectivity index (χ0v) is 18.0. The molecule has 1 N–H and O–H groups in total. The molecule has 1 aromatic heterocycles. The minimum atomic E-state index is 0.710. The van der Waals surface area contributed by atoms with Crippen molar-refractivity contribution >= 4 is 39.3 Å². The van der Waals surface area contributed by atoms with E-state index in [9.17, 15) is 0 Å². The van der Waals surface area contributed by atoms with Crippen LogP contribution in [0.15, 0.2) is 71.8 Å². The van der Waals surface area contributed by atoms with E-state index in [0.717, 1.165) is 6.54 Å². The van der Waals surface area contributed by atoms with Crippen LogP contribution < -0.4 is 4.31 Å². The van der Waals surface area contributed by atoms with E-state index in [1.54, 1.807) is 0 Å². The molecule has 0 bridgehead atoms. The largest absolute Gasteiger partial charge is 0.361 e. The van der Waals surface area contributed by atoms with Crippen molar-refractivity contribution in [2.75, 3.05) is 30.5 Å². The highest BCUT2D eigenvalue weighted by molar-refractivity contribution is 8.01. The van der Waals surface area contributed by atoms with E-state index in [1.807, 2.05) is 18.1 Å². The Morgan fingerprint density at radius 2 is 1.77 bits per heavy atom. The van der Waals surface area contributed by atoms with E-state index >= 15 is 0 Å². The van der Waals surface area contributed by atoms with Crippen LogP contribution in [0.25, 0.3) is 21.7 Å². The number of anilines is 1. The number of piperidine rings is 1. The minimum absolute atomic E-state index is 0.710. The molecule has 1 fully saturated rings. The fraction of sp³-hybridized carbons (Fsp3) is 0.308. The van der Waals surface area contributed by atoms with E-state index < -0.39 is 0 Å². The molecule has 0 unspecified atom stereocenters. The topological polar surface area (TPSA) is 22.3 Å². The number of likely N-dealkylation sites (tertiary alicyclic amines) is 1. The first-order valence-electron chi connectivity index (χ1n) is 11.1. The smallest absolute Gasteiger partial charge is 0.0563 e. The third-order valence-corrected chi connectivity index (χ3v) is 7.93. The summed E-state index contributed by atoms with van der Waals surface area (Å²) < 4.78 is 2.50. The fourth-order valence-electron chi connectivity index (χ4n) is 5.16. The Morgan fingerprint density at radius 1 is 0.900 bits per heavy atom. The van der Waals surface area contributed by atoms with Crippen LogP contribution >= 0.6 is 11.9 Å². The third-order valence-electron chi connectivity index (χ3n) is 6.79. The summed E-state index contributed by atoms with van der Waals surface area (Å²) in [6.07, 6.45) is 5.81. The Bertz CT molecular complexity index is 1180. The number of hydrogen-bond acceptors (Lipinski definition) is 3. The van der Waals surface area contributed by atoms with Gasteiger partial charge in [0, 0.05) is 28.5 Å². The summed E-state index contributed by atoms with van der Waals surface area (Å²) in [5.41, 5.74) is 4.15. The van der Waals surface area contributed by atoms with Gasteiger partial charge in [-0.2, -0.15) is 0 Å². The highest BCUT2D eigenvalue weighted by Crippen LogP contribution is 2.45. The van der Waals surface area contributed by atoms with Crippen LogP contribution in [0.5, 0.6) is 0 Å². The first-order chi connectivity index (χ1) is 14.8. The summed E-state index contributed by atoms with van der Waals surface area (Å²) >= 11 is 1.91. The van der Waals surface area contributed by atoms with Crippen LogP contribution in [-0.2, 0) is 0 Å². The summed E-state index contributed by atoms with van der Waals surface area (Å²) in [5.74, 6) is 0.710. The molecular weight excluding hydrogens is 386 g/mol. The summed E-state index contributed by atoms with van der Waals surface area (Å²) in [4.78, 5) is 7.37. The maximum absolute atomic E-state index is 3.30. The lowest BCUT2D eigenvalue weighted by Crippen LogP contribution is -2.34. The fourth-order valence-corrected chi connectivity index (χ4v) is 6.32. The number of benzene rings is 3. The van der Waals surface area contributed by atoms with Gasteiger partial charge in [0.2, 0.25) is 0 Å². The molecular formula is C26H27N3S. The second-order valence-corrected chi connectivity index (χ2v) is 9.68. The average Bonchev–Trinajstić information content (AvgIpc) is 3.40. The van der Waals surface area contributed by atoms with Crippen molar-refractivity contribution in [3.8, 4) is 0 Å². The van der Waals surface area contributed by atoms with Gasteiger partial charge in [-0.25, -0.2) is 0 Å². The quantitative estimate of drug-likeness (QED) is 0.382. The van der Waals surface area contributed by atoms with Gasteiger partial charge in [0.1, 0.15) is 0 Å². The number of rotatable bonds is 5. The molecule has 30 heavy (non-hydrogen) atoms. The Balaban J connectivity index is 1.03. The second kappa shape index (κ2) is 7.68. The molecule has 0 amide bonds. The molecule has 0 radical (unpaired) electrons. The van der Waals surface area contributed by atoms with Crippen molar-refractivity contribution in [3.05, 3.63) is 72.4 Å². The molecule has 0 spiro atoms. The van der Waals surface area contributed by atoms with Gasteiger partial charge >= 0.3 is 0 Å². The van der Waals surface area contributed by atoms with Crippen molar-refractivity contribution in [2.24, 2.45) is 0 Å². The van der Waals surface area contributed by atoms with Crippen molar-refractivity contribution in [2.45, 2.75) is 30.1 Å². The van der Waals surface area contributed by atoms with Gasteiger partial charge in [-0.1, -0.05) is 30.3 Å². The molecule has 4 aromatic rings. The van der Waals surface area contributed by atoms with Crippen LogP contribution in [-0.4, -0.2) is 36.1 Å². The summed E-state index contributed by atoms with van der Waals surface area (Å²) in [6, 6.07) is 22.5. The molecule has 152 valence electrons. The van der Waals surface area contributed by atoms with E-state index in [-0.39, 0.29) is 0 Å².